The Morgan fingerprint density at radius 3 is 2.71 bits per heavy atom. The van der Waals surface area contributed by atoms with Gasteiger partial charge in [-0.15, -0.1) is 0 Å². The second-order valence-electron chi connectivity index (χ2n) is 5.48. The maximum Gasteiger partial charge on any atom is 0.319 e. The van der Waals surface area contributed by atoms with E-state index in [0.717, 1.165) is 13.1 Å². The van der Waals surface area contributed by atoms with Crippen LogP contribution in [-0.4, -0.2) is 43.7 Å². The van der Waals surface area contributed by atoms with Crippen LogP contribution in [0.15, 0.2) is 24.3 Å². The van der Waals surface area contributed by atoms with E-state index >= 15 is 0 Å². The van der Waals surface area contributed by atoms with Crippen LogP contribution < -0.4 is 15.4 Å². The zero-order valence-electron chi connectivity index (χ0n) is 12.9. The predicted molar refractivity (Wildman–Crippen MR) is 84.9 cm³/mol. The van der Waals surface area contributed by atoms with E-state index in [-0.39, 0.29) is 6.03 Å². The Hall–Kier alpha value is -1.75. The van der Waals surface area contributed by atoms with Crippen LogP contribution in [-0.2, 0) is 0 Å². The van der Waals surface area contributed by atoms with Crippen molar-refractivity contribution in [2.45, 2.75) is 32.2 Å². The van der Waals surface area contributed by atoms with Crippen LogP contribution in [0.3, 0.4) is 0 Å². The van der Waals surface area contributed by atoms with Crippen molar-refractivity contribution in [3.63, 3.8) is 0 Å². The fraction of sp³-hybridized carbons (Fsp3) is 0.562. The summed E-state index contributed by atoms with van der Waals surface area (Å²) in [6, 6.07) is 7.57. The lowest BCUT2D eigenvalue weighted by Gasteiger charge is -2.32. The fourth-order valence-corrected chi connectivity index (χ4v) is 2.64. The van der Waals surface area contributed by atoms with Gasteiger partial charge in [0.2, 0.25) is 0 Å². The number of urea groups is 1. The lowest BCUT2D eigenvalue weighted by molar-refractivity contribution is 0.171. The first-order valence-corrected chi connectivity index (χ1v) is 7.62. The lowest BCUT2D eigenvalue weighted by Crippen LogP contribution is -2.45. The summed E-state index contributed by atoms with van der Waals surface area (Å²) >= 11 is 0. The second kappa shape index (κ2) is 7.88. The zero-order valence-corrected chi connectivity index (χ0v) is 12.9. The highest BCUT2D eigenvalue weighted by Crippen LogP contribution is 2.22. The largest absolute Gasteiger partial charge is 0.495 e. The minimum atomic E-state index is -0.191. The third-order valence-electron chi connectivity index (χ3n) is 3.93. The standard InChI is InChI=1S/C16H25N3O2/c1-13(19-10-6-3-7-11-19)12-17-16(20)18-14-8-4-5-9-15(14)21-2/h4-5,8-9,13H,3,6-7,10-12H2,1-2H3,(H2,17,18,20)/t13-/m0/s1. The van der Waals surface area contributed by atoms with E-state index in [4.69, 9.17) is 4.74 Å². The number of methoxy groups -OCH3 is 1. The van der Waals surface area contributed by atoms with Crippen molar-refractivity contribution >= 4 is 11.7 Å². The number of carbonyl (C=O) groups is 1. The van der Waals surface area contributed by atoms with Gasteiger partial charge in [-0.1, -0.05) is 18.6 Å². The van der Waals surface area contributed by atoms with Crippen molar-refractivity contribution in [3.8, 4) is 5.75 Å². The van der Waals surface area contributed by atoms with E-state index in [1.807, 2.05) is 24.3 Å². The molecule has 0 unspecified atom stereocenters. The van der Waals surface area contributed by atoms with Gasteiger partial charge in [-0.3, -0.25) is 4.90 Å². The summed E-state index contributed by atoms with van der Waals surface area (Å²) in [7, 11) is 1.59. The van der Waals surface area contributed by atoms with Crippen molar-refractivity contribution in [1.29, 1.82) is 0 Å². The van der Waals surface area contributed by atoms with Crippen LogP contribution >= 0.6 is 0 Å². The summed E-state index contributed by atoms with van der Waals surface area (Å²) < 4.78 is 5.22. The molecule has 0 aliphatic carbocycles. The molecule has 0 spiro atoms. The summed E-state index contributed by atoms with van der Waals surface area (Å²) in [5, 5.41) is 5.76. The van der Waals surface area contributed by atoms with Gasteiger partial charge >= 0.3 is 6.03 Å². The molecule has 1 aliphatic heterocycles. The van der Waals surface area contributed by atoms with Gasteiger partial charge in [-0.25, -0.2) is 4.79 Å². The SMILES string of the molecule is COc1ccccc1NC(=O)NC[C@H](C)N1CCCCC1. The smallest absolute Gasteiger partial charge is 0.319 e. The van der Waals surface area contributed by atoms with E-state index in [9.17, 15) is 4.79 Å². The first-order valence-electron chi connectivity index (χ1n) is 7.62. The normalized spacial score (nSPS) is 17.0. The number of rotatable bonds is 5. The molecule has 0 radical (unpaired) electrons. The molecule has 1 aliphatic rings. The molecule has 0 saturated carbocycles. The number of para-hydroxylation sites is 2. The summed E-state index contributed by atoms with van der Waals surface area (Å²) in [6.07, 6.45) is 3.85. The van der Waals surface area contributed by atoms with Gasteiger partial charge in [0.1, 0.15) is 5.75 Å². The highest BCUT2D eigenvalue weighted by Gasteiger charge is 2.17. The number of hydrogen-bond donors (Lipinski definition) is 2. The molecule has 1 fully saturated rings. The first kappa shape index (κ1) is 15.6. The number of hydrogen-bond acceptors (Lipinski definition) is 3. The number of likely N-dealkylation sites (tertiary alicyclic amines) is 1. The Kier molecular flexibility index (Phi) is 5.87. The van der Waals surface area contributed by atoms with E-state index in [2.05, 4.69) is 22.5 Å². The molecule has 1 heterocycles. The summed E-state index contributed by atoms with van der Waals surface area (Å²) in [6.45, 7) is 5.09. The molecular weight excluding hydrogens is 266 g/mol. The van der Waals surface area contributed by atoms with Crippen molar-refractivity contribution in [3.05, 3.63) is 24.3 Å². The van der Waals surface area contributed by atoms with Crippen LogP contribution in [0.4, 0.5) is 10.5 Å². The lowest BCUT2D eigenvalue weighted by atomic mass is 10.1. The Bertz CT molecular complexity index is 459. The molecule has 5 heteroatoms. The minimum Gasteiger partial charge on any atom is -0.495 e. The molecule has 2 amide bonds. The minimum absolute atomic E-state index is 0.191. The highest BCUT2D eigenvalue weighted by molar-refractivity contribution is 5.90. The topological polar surface area (TPSA) is 53.6 Å². The van der Waals surface area contributed by atoms with Crippen molar-refractivity contribution < 1.29 is 9.53 Å². The van der Waals surface area contributed by atoms with E-state index in [1.165, 1.54) is 19.3 Å². The van der Waals surface area contributed by atoms with Gasteiger partial charge in [-0.05, 0) is 45.0 Å². The highest BCUT2D eigenvalue weighted by atomic mass is 16.5. The molecule has 2 N–H and O–H groups in total. The van der Waals surface area contributed by atoms with Crippen molar-refractivity contribution in [2.75, 3.05) is 32.1 Å². The molecule has 0 bridgehead atoms. The molecule has 1 atom stereocenters. The Balaban J connectivity index is 1.79. The van der Waals surface area contributed by atoms with Crippen LogP contribution in [0.2, 0.25) is 0 Å². The summed E-state index contributed by atoms with van der Waals surface area (Å²) in [5.41, 5.74) is 0.683. The molecule has 1 saturated heterocycles. The maximum atomic E-state index is 12.0. The van der Waals surface area contributed by atoms with E-state index in [0.29, 0.717) is 24.0 Å². The Morgan fingerprint density at radius 2 is 2.00 bits per heavy atom. The van der Waals surface area contributed by atoms with Crippen LogP contribution in [0.1, 0.15) is 26.2 Å². The number of nitrogens with zero attached hydrogens (tertiary/aromatic N) is 1. The first-order chi connectivity index (χ1) is 10.2. The number of anilines is 1. The van der Waals surface area contributed by atoms with Gasteiger partial charge in [0.25, 0.3) is 0 Å². The Morgan fingerprint density at radius 1 is 1.29 bits per heavy atom. The zero-order chi connectivity index (χ0) is 15.1. The summed E-state index contributed by atoms with van der Waals surface area (Å²) in [4.78, 5) is 14.4. The molecular formula is C16H25N3O2. The van der Waals surface area contributed by atoms with E-state index < -0.39 is 0 Å². The molecule has 1 aromatic carbocycles. The number of ether oxygens (including phenoxy) is 1. The molecule has 5 nitrogen and oxygen atoms in total. The monoisotopic (exact) mass is 291 g/mol. The third-order valence-corrected chi connectivity index (χ3v) is 3.93. The molecule has 2 rings (SSSR count). The number of benzene rings is 1. The van der Waals surface area contributed by atoms with Gasteiger partial charge in [-0.2, -0.15) is 0 Å². The van der Waals surface area contributed by atoms with Gasteiger partial charge in [0, 0.05) is 12.6 Å². The average Bonchev–Trinajstić information content (AvgIpc) is 2.54. The van der Waals surface area contributed by atoms with Crippen molar-refractivity contribution in [1.82, 2.24) is 10.2 Å². The quantitative estimate of drug-likeness (QED) is 0.877. The summed E-state index contributed by atoms with van der Waals surface area (Å²) in [5.74, 6) is 0.664. The van der Waals surface area contributed by atoms with Gasteiger partial charge in [0.15, 0.2) is 0 Å². The number of amides is 2. The Labute approximate surface area is 126 Å². The maximum absolute atomic E-state index is 12.0. The van der Waals surface area contributed by atoms with Crippen LogP contribution in [0.25, 0.3) is 0 Å². The second-order valence-corrected chi connectivity index (χ2v) is 5.48. The predicted octanol–water partition coefficient (Wildman–Crippen LogP) is 2.69. The molecule has 116 valence electrons. The van der Waals surface area contributed by atoms with Crippen LogP contribution in [0, 0.1) is 0 Å². The molecule has 21 heavy (non-hydrogen) atoms. The fourth-order valence-electron chi connectivity index (χ4n) is 2.64. The van der Waals surface area contributed by atoms with Gasteiger partial charge in [0.05, 0.1) is 12.8 Å². The molecule has 0 aromatic heterocycles. The van der Waals surface area contributed by atoms with Crippen molar-refractivity contribution in [2.24, 2.45) is 0 Å². The van der Waals surface area contributed by atoms with E-state index in [1.54, 1.807) is 7.11 Å². The number of nitrogens with one attached hydrogen (secondary N) is 2. The molecule has 1 aromatic rings. The van der Waals surface area contributed by atoms with Crippen LogP contribution in [0.5, 0.6) is 5.75 Å². The number of piperidine rings is 1. The third kappa shape index (κ3) is 4.63. The average molecular weight is 291 g/mol. The number of carbonyl (C=O) groups excluding carboxylic acids is 1. The van der Waals surface area contributed by atoms with Gasteiger partial charge < -0.3 is 15.4 Å².